The third-order valence-electron chi connectivity index (χ3n) is 5.53. The molecule has 1 saturated heterocycles. The molecule has 0 radical (unpaired) electrons. The van der Waals surface area contributed by atoms with E-state index in [4.69, 9.17) is 11.6 Å². The Morgan fingerprint density at radius 1 is 1.03 bits per heavy atom. The molecule has 2 heterocycles. The van der Waals surface area contributed by atoms with Gasteiger partial charge in [0.25, 0.3) is 5.91 Å². The maximum absolute atomic E-state index is 12.6. The number of aryl methyl sites for hydroxylation is 3. The van der Waals surface area contributed by atoms with E-state index < -0.39 is 0 Å². The van der Waals surface area contributed by atoms with Gasteiger partial charge < -0.3 is 9.88 Å². The summed E-state index contributed by atoms with van der Waals surface area (Å²) in [6.45, 7) is 10.4. The van der Waals surface area contributed by atoms with E-state index in [1.54, 1.807) is 0 Å². The molecule has 1 amide bonds. The number of amidine groups is 1. The molecular formula is C25H24ClN3OS. The van der Waals surface area contributed by atoms with Crippen LogP contribution in [-0.2, 0) is 4.79 Å². The molecule has 0 saturated carbocycles. The van der Waals surface area contributed by atoms with Crippen LogP contribution in [0.25, 0.3) is 11.8 Å². The van der Waals surface area contributed by atoms with Gasteiger partial charge in [0.1, 0.15) is 0 Å². The van der Waals surface area contributed by atoms with E-state index in [1.807, 2.05) is 31.2 Å². The smallest absolute Gasteiger partial charge is 0.264 e. The standard InChI is InChI=1S/C25H24ClN3OS/c1-14-8-6-9-15(2)23(14)29-16(3)12-19(18(29)5)13-22-24(30)28-25(31-22)27-21-11-7-10-20(26)17(21)4/h6-13H,1-5H3,(H,27,28,30)/b22-13+. The van der Waals surface area contributed by atoms with Gasteiger partial charge in [-0.3, -0.25) is 4.79 Å². The molecule has 4 nitrogen and oxygen atoms in total. The first-order chi connectivity index (χ1) is 14.8. The van der Waals surface area contributed by atoms with Gasteiger partial charge >= 0.3 is 0 Å². The summed E-state index contributed by atoms with van der Waals surface area (Å²) < 4.78 is 2.26. The van der Waals surface area contributed by atoms with Crippen LogP contribution in [0, 0.1) is 34.6 Å². The molecule has 0 unspecified atom stereocenters. The molecule has 2 aromatic carbocycles. The minimum Gasteiger partial charge on any atom is -0.317 e. The van der Waals surface area contributed by atoms with Crippen LogP contribution in [0.15, 0.2) is 52.4 Å². The number of nitrogens with one attached hydrogen (secondary N) is 1. The summed E-state index contributed by atoms with van der Waals surface area (Å²) in [4.78, 5) is 17.8. The largest absolute Gasteiger partial charge is 0.317 e. The molecule has 1 aromatic heterocycles. The van der Waals surface area contributed by atoms with Gasteiger partial charge in [0.2, 0.25) is 0 Å². The Hall–Kier alpha value is -2.76. The van der Waals surface area contributed by atoms with Gasteiger partial charge in [-0.25, -0.2) is 4.99 Å². The highest BCUT2D eigenvalue weighted by atomic mass is 35.5. The molecule has 1 aliphatic heterocycles. The van der Waals surface area contributed by atoms with Crippen molar-refractivity contribution < 1.29 is 4.79 Å². The van der Waals surface area contributed by atoms with E-state index in [2.05, 4.69) is 66.8 Å². The van der Waals surface area contributed by atoms with E-state index in [0.717, 1.165) is 28.2 Å². The molecule has 1 N–H and O–H groups in total. The summed E-state index contributed by atoms with van der Waals surface area (Å²) >= 11 is 7.54. The minimum atomic E-state index is -0.139. The molecule has 31 heavy (non-hydrogen) atoms. The Morgan fingerprint density at radius 2 is 1.71 bits per heavy atom. The molecule has 1 fully saturated rings. The average molecular weight is 450 g/mol. The third kappa shape index (κ3) is 4.08. The SMILES string of the molecule is Cc1cccc(C)c1-n1c(C)cc(/C=C2/SC(=Nc3cccc(Cl)c3C)NC2=O)c1C. The van der Waals surface area contributed by atoms with Gasteiger partial charge in [-0.05, 0) is 92.9 Å². The van der Waals surface area contributed by atoms with Crippen molar-refractivity contribution in [2.45, 2.75) is 34.6 Å². The summed E-state index contributed by atoms with van der Waals surface area (Å²) in [6, 6.07) is 14.0. The summed E-state index contributed by atoms with van der Waals surface area (Å²) in [7, 11) is 0. The molecular weight excluding hydrogens is 426 g/mol. The predicted molar refractivity (Wildman–Crippen MR) is 132 cm³/mol. The van der Waals surface area contributed by atoms with Crippen molar-refractivity contribution in [3.63, 3.8) is 0 Å². The molecule has 0 aliphatic carbocycles. The molecule has 0 bridgehead atoms. The zero-order valence-electron chi connectivity index (χ0n) is 18.2. The third-order valence-corrected chi connectivity index (χ3v) is 6.85. The molecule has 4 rings (SSSR count). The first kappa shape index (κ1) is 21.5. The molecule has 0 spiro atoms. The molecule has 0 atom stereocenters. The van der Waals surface area contributed by atoms with Crippen molar-refractivity contribution in [3.05, 3.63) is 86.0 Å². The number of amides is 1. The van der Waals surface area contributed by atoms with E-state index >= 15 is 0 Å². The molecule has 158 valence electrons. The number of thioether (sulfide) groups is 1. The quantitative estimate of drug-likeness (QED) is 0.460. The van der Waals surface area contributed by atoms with Gasteiger partial charge in [-0.1, -0.05) is 35.9 Å². The zero-order chi connectivity index (χ0) is 22.3. The highest BCUT2D eigenvalue weighted by molar-refractivity contribution is 8.18. The van der Waals surface area contributed by atoms with E-state index in [0.29, 0.717) is 15.1 Å². The van der Waals surface area contributed by atoms with Crippen LogP contribution in [-0.4, -0.2) is 15.6 Å². The van der Waals surface area contributed by atoms with Crippen molar-refractivity contribution in [2.75, 3.05) is 0 Å². The highest BCUT2D eigenvalue weighted by Gasteiger charge is 2.25. The number of nitrogens with zero attached hydrogens (tertiary/aromatic N) is 2. The number of carbonyl (C=O) groups is 1. The number of para-hydroxylation sites is 1. The highest BCUT2D eigenvalue weighted by Crippen LogP contribution is 2.33. The average Bonchev–Trinajstić information content (AvgIpc) is 3.19. The van der Waals surface area contributed by atoms with Gasteiger partial charge in [0.05, 0.1) is 16.3 Å². The fourth-order valence-corrected chi connectivity index (χ4v) is 4.88. The molecule has 1 aliphatic rings. The van der Waals surface area contributed by atoms with Gasteiger partial charge in [0, 0.05) is 16.4 Å². The van der Waals surface area contributed by atoms with E-state index in [9.17, 15) is 4.79 Å². The first-order valence-corrected chi connectivity index (χ1v) is 11.3. The second-order valence-corrected chi connectivity index (χ2v) is 9.21. The number of hydrogen-bond acceptors (Lipinski definition) is 3. The monoisotopic (exact) mass is 449 g/mol. The fraction of sp³-hybridized carbons (Fsp3) is 0.200. The van der Waals surface area contributed by atoms with Gasteiger partial charge in [-0.15, -0.1) is 0 Å². The van der Waals surface area contributed by atoms with Crippen LogP contribution in [0.5, 0.6) is 0 Å². The number of hydrogen-bond donors (Lipinski definition) is 1. The molecule has 3 aromatic rings. The number of aromatic nitrogens is 1. The Labute approximate surface area is 192 Å². The predicted octanol–water partition coefficient (Wildman–Crippen LogP) is 6.56. The van der Waals surface area contributed by atoms with E-state index in [1.165, 1.54) is 28.6 Å². The number of aliphatic imine (C=N–C) groups is 1. The van der Waals surface area contributed by atoms with Crippen LogP contribution in [0.1, 0.15) is 33.6 Å². The lowest BCUT2D eigenvalue weighted by Gasteiger charge is -2.15. The van der Waals surface area contributed by atoms with Crippen molar-refractivity contribution in [3.8, 4) is 5.69 Å². The van der Waals surface area contributed by atoms with Gasteiger partial charge in [-0.2, -0.15) is 0 Å². The lowest BCUT2D eigenvalue weighted by molar-refractivity contribution is -0.115. The maximum Gasteiger partial charge on any atom is 0.264 e. The van der Waals surface area contributed by atoms with Crippen LogP contribution < -0.4 is 5.32 Å². The minimum absolute atomic E-state index is 0.139. The van der Waals surface area contributed by atoms with Crippen molar-refractivity contribution in [1.82, 2.24) is 9.88 Å². The first-order valence-electron chi connectivity index (χ1n) is 10.1. The summed E-state index contributed by atoms with van der Waals surface area (Å²) in [5.41, 5.74) is 8.55. The van der Waals surface area contributed by atoms with Crippen LogP contribution in [0.2, 0.25) is 5.02 Å². The fourth-order valence-electron chi connectivity index (χ4n) is 3.88. The Bertz CT molecular complexity index is 1250. The Morgan fingerprint density at radius 3 is 2.42 bits per heavy atom. The van der Waals surface area contributed by atoms with Crippen molar-refractivity contribution in [2.24, 2.45) is 4.99 Å². The Balaban J connectivity index is 1.69. The maximum atomic E-state index is 12.6. The van der Waals surface area contributed by atoms with Gasteiger partial charge in [0.15, 0.2) is 5.17 Å². The number of halogens is 1. The summed E-state index contributed by atoms with van der Waals surface area (Å²) in [5.74, 6) is -0.139. The molecule has 6 heteroatoms. The summed E-state index contributed by atoms with van der Waals surface area (Å²) in [5, 5.41) is 4.08. The second-order valence-electron chi connectivity index (χ2n) is 7.77. The zero-order valence-corrected chi connectivity index (χ0v) is 19.8. The lowest BCUT2D eigenvalue weighted by Crippen LogP contribution is -2.19. The number of rotatable bonds is 3. The lowest BCUT2D eigenvalue weighted by atomic mass is 10.1. The van der Waals surface area contributed by atoms with Crippen LogP contribution in [0.3, 0.4) is 0 Å². The van der Waals surface area contributed by atoms with Crippen LogP contribution >= 0.6 is 23.4 Å². The van der Waals surface area contributed by atoms with Crippen molar-refractivity contribution in [1.29, 1.82) is 0 Å². The number of carbonyl (C=O) groups excluding carboxylic acids is 1. The topological polar surface area (TPSA) is 46.4 Å². The second kappa shape index (κ2) is 8.40. The normalized spacial score (nSPS) is 16.4. The van der Waals surface area contributed by atoms with Crippen LogP contribution in [0.4, 0.5) is 5.69 Å². The van der Waals surface area contributed by atoms with E-state index in [-0.39, 0.29) is 5.91 Å². The summed E-state index contributed by atoms with van der Waals surface area (Å²) in [6.07, 6.45) is 1.94. The Kier molecular flexibility index (Phi) is 5.82. The van der Waals surface area contributed by atoms with Crippen molar-refractivity contribution >= 4 is 46.2 Å². The number of benzene rings is 2.